The average Bonchev–Trinajstić information content (AvgIpc) is 3.19. The second-order valence-electron chi connectivity index (χ2n) is 8.25. The summed E-state index contributed by atoms with van der Waals surface area (Å²) in [4.78, 5) is 55.0. The number of benzene rings is 2. The van der Waals surface area contributed by atoms with Crippen LogP contribution in [0.15, 0.2) is 82.2 Å². The first-order chi connectivity index (χ1) is 18.2. The Hall–Kier alpha value is -4.57. The summed E-state index contributed by atoms with van der Waals surface area (Å²) < 4.78 is 17.1. The van der Waals surface area contributed by atoms with E-state index >= 15 is 0 Å². The van der Waals surface area contributed by atoms with Crippen molar-refractivity contribution >= 4 is 35.3 Å². The zero-order valence-corrected chi connectivity index (χ0v) is 21.7. The number of esters is 3. The van der Waals surface area contributed by atoms with Crippen molar-refractivity contribution in [2.24, 2.45) is 4.99 Å². The second kappa shape index (κ2) is 11.2. The van der Waals surface area contributed by atoms with Crippen molar-refractivity contribution in [2.45, 2.75) is 19.9 Å². The Labute approximate surface area is 221 Å². The molecular formula is C28H24N2O7S. The van der Waals surface area contributed by atoms with Crippen molar-refractivity contribution in [3.63, 3.8) is 0 Å². The van der Waals surface area contributed by atoms with Gasteiger partial charge in [0.1, 0.15) is 12.4 Å². The Balaban J connectivity index is 1.88. The molecule has 0 amide bonds. The van der Waals surface area contributed by atoms with E-state index in [1.165, 1.54) is 36.0 Å². The van der Waals surface area contributed by atoms with Gasteiger partial charge in [0.25, 0.3) is 5.56 Å². The number of methoxy groups -OCH3 is 1. The Morgan fingerprint density at radius 3 is 2.53 bits per heavy atom. The number of ether oxygens (including phenoxy) is 3. The van der Waals surface area contributed by atoms with Crippen LogP contribution in [0.2, 0.25) is 0 Å². The highest BCUT2D eigenvalue weighted by atomic mass is 32.1. The minimum absolute atomic E-state index is 0.00724. The fourth-order valence-corrected chi connectivity index (χ4v) is 5.06. The van der Waals surface area contributed by atoms with Gasteiger partial charge in [-0.1, -0.05) is 48.3 Å². The van der Waals surface area contributed by atoms with Gasteiger partial charge in [0.05, 0.1) is 34.5 Å². The van der Waals surface area contributed by atoms with E-state index in [1.807, 2.05) is 0 Å². The zero-order chi connectivity index (χ0) is 27.4. The SMILES string of the molecule is C=CCOC(=O)C1=C(C)N=c2sc(=Cc3cccc(OC(C)=O)c3)c(=O)n2C1c1ccc(C(=O)OC)cc1. The lowest BCUT2D eigenvalue weighted by atomic mass is 9.95. The molecule has 3 aromatic rings. The van der Waals surface area contributed by atoms with Crippen LogP contribution in [0.3, 0.4) is 0 Å². The molecule has 0 saturated carbocycles. The normalized spacial score (nSPS) is 14.8. The number of allylic oxidation sites excluding steroid dienone is 1. The Kier molecular flexibility index (Phi) is 7.82. The molecule has 1 aliphatic heterocycles. The predicted octanol–water partition coefficient (Wildman–Crippen LogP) is 2.68. The fraction of sp³-hybridized carbons (Fsp3) is 0.179. The number of fused-ring (bicyclic) bond motifs is 1. The summed E-state index contributed by atoms with van der Waals surface area (Å²) in [5, 5.41) is 0. The molecule has 2 aromatic carbocycles. The van der Waals surface area contributed by atoms with E-state index in [1.54, 1.807) is 61.5 Å². The summed E-state index contributed by atoms with van der Waals surface area (Å²) in [5.41, 5.74) is 1.80. The molecule has 4 rings (SSSR count). The topological polar surface area (TPSA) is 113 Å². The zero-order valence-electron chi connectivity index (χ0n) is 20.9. The number of rotatable bonds is 7. The van der Waals surface area contributed by atoms with Crippen LogP contribution in [0.1, 0.15) is 41.4 Å². The smallest absolute Gasteiger partial charge is 0.338 e. The van der Waals surface area contributed by atoms with Gasteiger partial charge in [0.2, 0.25) is 0 Å². The number of nitrogens with zero attached hydrogens (tertiary/aromatic N) is 2. The quantitative estimate of drug-likeness (QED) is 0.261. The van der Waals surface area contributed by atoms with Crippen molar-refractivity contribution in [3.05, 3.63) is 109 Å². The largest absolute Gasteiger partial charge is 0.465 e. The Morgan fingerprint density at radius 1 is 1.13 bits per heavy atom. The first-order valence-corrected chi connectivity index (χ1v) is 12.3. The van der Waals surface area contributed by atoms with E-state index in [4.69, 9.17) is 14.2 Å². The molecule has 0 bridgehead atoms. The molecule has 9 nitrogen and oxygen atoms in total. The van der Waals surface area contributed by atoms with E-state index in [0.29, 0.717) is 37.5 Å². The van der Waals surface area contributed by atoms with Crippen LogP contribution >= 0.6 is 11.3 Å². The van der Waals surface area contributed by atoms with Crippen LogP contribution < -0.4 is 19.6 Å². The predicted molar refractivity (Wildman–Crippen MR) is 140 cm³/mol. The molecule has 38 heavy (non-hydrogen) atoms. The van der Waals surface area contributed by atoms with Crippen molar-refractivity contribution in [1.82, 2.24) is 4.57 Å². The Bertz CT molecular complexity index is 1650. The molecule has 1 unspecified atom stereocenters. The highest BCUT2D eigenvalue weighted by Gasteiger charge is 2.33. The number of thiazole rings is 1. The van der Waals surface area contributed by atoms with Gasteiger partial charge in [-0.3, -0.25) is 14.2 Å². The number of hydrogen-bond acceptors (Lipinski definition) is 9. The van der Waals surface area contributed by atoms with Gasteiger partial charge in [-0.25, -0.2) is 14.6 Å². The van der Waals surface area contributed by atoms with E-state index in [9.17, 15) is 19.2 Å². The standard InChI is InChI=1S/C28H24N2O7S/c1-5-13-36-27(34)23-16(2)29-28-30(24(23)19-9-11-20(12-10-19)26(33)35-4)25(32)22(38-28)15-18-7-6-8-21(14-18)37-17(3)31/h5-12,14-15,24H,1,13H2,2-4H3. The van der Waals surface area contributed by atoms with E-state index in [2.05, 4.69) is 11.6 Å². The van der Waals surface area contributed by atoms with Gasteiger partial charge in [-0.2, -0.15) is 0 Å². The van der Waals surface area contributed by atoms with Crippen LogP contribution in [0.25, 0.3) is 6.08 Å². The molecule has 1 aliphatic rings. The van der Waals surface area contributed by atoms with E-state index < -0.39 is 23.9 Å². The molecule has 0 radical (unpaired) electrons. The number of hydrogen-bond donors (Lipinski definition) is 0. The van der Waals surface area contributed by atoms with Crippen LogP contribution in [-0.4, -0.2) is 36.2 Å². The van der Waals surface area contributed by atoms with Crippen LogP contribution in [0.4, 0.5) is 0 Å². The summed E-state index contributed by atoms with van der Waals surface area (Å²) in [6.45, 7) is 6.56. The number of carbonyl (C=O) groups is 3. The maximum absolute atomic E-state index is 13.7. The van der Waals surface area contributed by atoms with Gasteiger partial charge in [0.15, 0.2) is 4.80 Å². The first-order valence-electron chi connectivity index (χ1n) is 11.5. The highest BCUT2D eigenvalue weighted by molar-refractivity contribution is 7.07. The Morgan fingerprint density at radius 2 is 1.87 bits per heavy atom. The lowest BCUT2D eigenvalue weighted by Crippen LogP contribution is -2.40. The lowest BCUT2D eigenvalue weighted by molar-refractivity contribution is -0.138. The molecule has 0 N–H and O–H groups in total. The summed E-state index contributed by atoms with van der Waals surface area (Å²) in [5.74, 6) is -1.23. The summed E-state index contributed by atoms with van der Waals surface area (Å²) >= 11 is 1.17. The molecule has 1 aromatic heterocycles. The molecule has 0 aliphatic carbocycles. The van der Waals surface area contributed by atoms with Crippen molar-refractivity contribution < 1.29 is 28.6 Å². The van der Waals surface area contributed by atoms with Crippen molar-refractivity contribution in [3.8, 4) is 5.75 Å². The summed E-state index contributed by atoms with van der Waals surface area (Å²) in [7, 11) is 1.29. The van der Waals surface area contributed by atoms with Gasteiger partial charge in [0, 0.05) is 6.92 Å². The number of carbonyl (C=O) groups excluding carboxylic acids is 3. The maximum Gasteiger partial charge on any atom is 0.338 e. The minimum atomic E-state index is -0.843. The first kappa shape index (κ1) is 26.5. The second-order valence-corrected chi connectivity index (χ2v) is 9.26. The molecule has 10 heteroatoms. The van der Waals surface area contributed by atoms with Gasteiger partial charge >= 0.3 is 17.9 Å². The molecule has 2 heterocycles. The average molecular weight is 533 g/mol. The van der Waals surface area contributed by atoms with Crippen LogP contribution in [-0.2, 0) is 19.1 Å². The third kappa shape index (κ3) is 5.40. The molecule has 0 saturated heterocycles. The van der Waals surface area contributed by atoms with Crippen LogP contribution in [0.5, 0.6) is 5.75 Å². The molecule has 1 atom stereocenters. The highest BCUT2D eigenvalue weighted by Crippen LogP contribution is 2.31. The van der Waals surface area contributed by atoms with E-state index in [0.717, 1.165) is 0 Å². The fourth-order valence-electron chi connectivity index (χ4n) is 4.01. The van der Waals surface area contributed by atoms with Crippen molar-refractivity contribution in [1.29, 1.82) is 0 Å². The monoisotopic (exact) mass is 532 g/mol. The van der Waals surface area contributed by atoms with Gasteiger partial charge < -0.3 is 14.2 Å². The van der Waals surface area contributed by atoms with Crippen molar-refractivity contribution in [2.75, 3.05) is 13.7 Å². The number of aromatic nitrogens is 1. The van der Waals surface area contributed by atoms with Crippen LogP contribution in [0, 0.1) is 0 Å². The molecular weight excluding hydrogens is 508 g/mol. The molecule has 0 spiro atoms. The molecule has 0 fully saturated rings. The lowest BCUT2D eigenvalue weighted by Gasteiger charge is -2.24. The third-order valence-corrected chi connectivity index (χ3v) is 6.62. The minimum Gasteiger partial charge on any atom is -0.465 e. The van der Waals surface area contributed by atoms with Gasteiger partial charge in [-0.05, 0) is 48.4 Å². The third-order valence-electron chi connectivity index (χ3n) is 5.64. The maximum atomic E-state index is 13.7. The summed E-state index contributed by atoms with van der Waals surface area (Å²) in [6.07, 6.45) is 3.12. The molecule has 194 valence electrons. The summed E-state index contributed by atoms with van der Waals surface area (Å²) in [6, 6.07) is 12.4. The van der Waals surface area contributed by atoms with E-state index in [-0.39, 0.29) is 17.7 Å². The van der Waals surface area contributed by atoms with Gasteiger partial charge in [-0.15, -0.1) is 0 Å².